The molecule has 0 bridgehead atoms. The summed E-state index contributed by atoms with van der Waals surface area (Å²) in [4.78, 5) is 18.9. The largest absolute Gasteiger partial charge is 0.336 e. The normalized spacial score (nSPS) is 17.0. The minimum atomic E-state index is -0.142. The molecule has 1 saturated heterocycles. The van der Waals surface area contributed by atoms with Gasteiger partial charge in [-0.3, -0.25) is 9.88 Å². The van der Waals surface area contributed by atoms with E-state index in [-0.39, 0.29) is 18.1 Å². The molecule has 1 aromatic carbocycles. The smallest absolute Gasteiger partial charge is 0.315 e. The van der Waals surface area contributed by atoms with Crippen molar-refractivity contribution in [3.05, 3.63) is 66.0 Å². The summed E-state index contributed by atoms with van der Waals surface area (Å²) < 4.78 is 0. The van der Waals surface area contributed by atoms with Gasteiger partial charge in [-0.2, -0.15) is 0 Å². The number of rotatable bonds is 6. The third-order valence-electron chi connectivity index (χ3n) is 4.75. The number of benzene rings is 1. The van der Waals surface area contributed by atoms with Gasteiger partial charge in [-0.15, -0.1) is 0 Å². The average molecular weight is 338 g/mol. The van der Waals surface area contributed by atoms with Gasteiger partial charge in [-0.25, -0.2) is 4.79 Å². The first-order chi connectivity index (χ1) is 12.2. The molecule has 2 atom stereocenters. The number of aromatic nitrogens is 1. The molecule has 25 heavy (non-hydrogen) atoms. The van der Waals surface area contributed by atoms with Crippen LogP contribution in [0.2, 0.25) is 0 Å². The minimum Gasteiger partial charge on any atom is -0.336 e. The van der Waals surface area contributed by atoms with Crippen LogP contribution in [0.4, 0.5) is 4.79 Å². The standard InChI is InChI=1S/C20H26N4O/c1-16(18-10-7-11-21-14-18)23-20(25)22-15-19(24-12-5-6-13-24)17-8-3-2-4-9-17/h2-4,7-11,14,16,19H,5-6,12-13,15H2,1H3,(H2,22,23,25)/t16-,19-/m0/s1. The number of amides is 2. The molecular formula is C20H26N4O. The van der Waals surface area contributed by atoms with Crippen molar-refractivity contribution in [1.29, 1.82) is 0 Å². The number of hydrogen-bond donors (Lipinski definition) is 2. The maximum Gasteiger partial charge on any atom is 0.315 e. The quantitative estimate of drug-likeness (QED) is 0.850. The Morgan fingerprint density at radius 2 is 1.84 bits per heavy atom. The lowest BCUT2D eigenvalue weighted by atomic mass is 10.1. The number of nitrogens with one attached hydrogen (secondary N) is 2. The van der Waals surface area contributed by atoms with Crippen LogP contribution in [0.5, 0.6) is 0 Å². The van der Waals surface area contributed by atoms with Crippen molar-refractivity contribution < 1.29 is 4.79 Å². The zero-order valence-corrected chi connectivity index (χ0v) is 14.7. The summed E-state index contributed by atoms with van der Waals surface area (Å²) in [5, 5.41) is 6.03. The van der Waals surface area contributed by atoms with Gasteiger partial charge in [0.05, 0.1) is 12.1 Å². The van der Waals surface area contributed by atoms with Crippen LogP contribution in [0.3, 0.4) is 0 Å². The fourth-order valence-corrected chi connectivity index (χ4v) is 3.34. The average Bonchev–Trinajstić information content (AvgIpc) is 3.18. The van der Waals surface area contributed by atoms with Crippen LogP contribution in [-0.2, 0) is 0 Å². The van der Waals surface area contributed by atoms with Gasteiger partial charge in [0, 0.05) is 18.9 Å². The van der Waals surface area contributed by atoms with Crippen molar-refractivity contribution in [1.82, 2.24) is 20.5 Å². The van der Waals surface area contributed by atoms with E-state index < -0.39 is 0 Å². The van der Waals surface area contributed by atoms with Crippen molar-refractivity contribution in [3.63, 3.8) is 0 Å². The van der Waals surface area contributed by atoms with Crippen molar-refractivity contribution in [2.45, 2.75) is 31.8 Å². The third-order valence-corrected chi connectivity index (χ3v) is 4.75. The van der Waals surface area contributed by atoms with E-state index in [2.05, 4.69) is 44.8 Å². The van der Waals surface area contributed by atoms with Gasteiger partial charge < -0.3 is 10.6 Å². The van der Waals surface area contributed by atoms with E-state index in [9.17, 15) is 4.79 Å². The van der Waals surface area contributed by atoms with Gasteiger partial charge in [-0.1, -0.05) is 36.4 Å². The van der Waals surface area contributed by atoms with E-state index in [1.807, 2.05) is 25.1 Å². The van der Waals surface area contributed by atoms with Crippen LogP contribution in [0.1, 0.15) is 43.0 Å². The molecular weight excluding hydrogens is 312 g/mol. The van der Waals surface area contributed by atoms with Gasteiger partial charge in [0.25, 0.3) is 0 Å². The Hall–Kier alpha value is -2.40. The van der Waals surface area contributed by atoms with Crippen LogP contribution >= 0.6 is 0 Å². The third kappa shape index (κ3) is 4.79. The summed E-state index contributed by atoms with van der Waals surface area (Å²) in [5.41, 5.74) is 2.25. The van der Waals surface area contributed by atoms with Gasteiger partial charge in [0.15, 0.2) is 0 Å². The predicted molar refractivity (Wildman–Crippen MR) is 99.2 cm³/mol. The maximum atomic E-state index is 12.3. The first-order valence-corrected chi connectivity index (χ1v) is 8.97. The molecule has 132 valence electrons. The topological polar surface area (TPSA) is 57.3 Å². The van der Waals surface area contributed by atoms with Crippen molar-refractivity contribution in [3.8, 4) is 0 Å². The molecule has 0 spiro atoms. The van der Waals surface area contributed by atoms with Crippen molar-refractivity contribution in [2.24, 2.45) is 0 Å². The highest BCUT2D eigenvalue weighted by Gasteiger charge is 2.24. The zero-order valence-electron chi connectivity index (χ0n) is 14.7. The molecule has 1 fully saturated rings. The fourth-order valence-electron chi connectivity index (χ4n) is 3.34. The summed E-state index contributed by atoms with van der Waals surface area (Å²) in [5.74, 6) is 0. The second-order valence-corrected chi connectivity index (χ2v) is 6.53. The highest BCUT2D eigenvalue weighted by atomic mass is 16.2. The predicted octanol–water partition coefficient (Wildman–Crippen LogP) is 3.28. The Balaban J connectivity index is 1.58. The zero-order chi connectivity index (χ0) is 17.5. The Kier molecular flexibility index (Phi) is 6.01. The Morgan fingerprint density at radius 1 is 1.12 bits per heavy atom. The molecule has 0 unspecified atom stereocenters. The van der Waals surface area contributed by atoms with Crippen LogP contribution in [0.25, 0.3) is 0 Å². The van der Waals surface area contributed by atoms with E-state index in [1.54, 1.807) is 12.4 Å². The number of carbonyl (C=O) groups excluding carboxylic acids is 1. The monoisotopic (exact) mass is 338 g/mol. The summed E-state index contributed by atoms with van der Waals surface area (Å²) in [6, 6.07) is 14.3. The molecule has 5 nitrogen and oxygen atoms in total. The number of carbonyl (C=O) groups is 1. The Bertz CT molecular complexity index is 656. The van der Waals surface area contributed by atoms with Gasteiger partial charge in [0.2, 0.25) is 0 Å². The van der Waals surface area contributed by atoms with E-state index in [1.165, 1.54) is 18.4 Å². The SMILES string of the molecule is C[C@H](NC(=O)NC[C@@H](c1ccccc1)N1CCCC1)c1cccnc1. The second-order valence-electron chi connectivity index (χ2n) is 6.53. The number of likely N-dealkylation sites (tertiary alicyclic amines) is 1. The summed E-state index contributed by atoms with van der Waals surface area (Å²) in [6.07, 6.45) is 5.97. The van der Waals surface area contributed by atoms with Gasteiger partial charge in [0.1, 0.15) is 0 Å². The van der Waals surface area contributed by atoms with Crippen LogP contribution in [-0.4, -0.2) is 35.5 Å². The van der Waals surface area contributed by atoms with Crippen molar-refractivity contribution in [2.75, 3.05) is 19.6 Å². The van der Waals surface area contributed by atoms with Crippen molar-refractivity contribution >= 4 is 6.03 Å². The van der Waals surface area contributed by atoms with Crippen LogP contribution in [0.15, 0.2) is 54.9 Å². The molecule has 2 N–H and O–H groups in total. The van der Waals surface area contributed by atoms with Gasteiger partial charge in [-0.05, 0) is 50.0 Å². The lowest BCUT2D eigenvalue weighted by Gasteiger charge is -2.28. The van der Waals surface area contributed by atoms with E-state index >= 15 is 0 Å². The van der Waals surface area contributed by atoms with Gasteiger partial charge >= 0.3 is 6.03 Å². The van der Waals surface area contributed by atoms with Crippen LogP contribution in [0, 0.1) is 0 Å². The highest BCUT2D eigenvalue weighted by molar-refractivity contribution is 5.74. The fraction of sp³-hybridized carbons (Fsp3) is 0.400. The minimum absolute atomic E-state index is 0.0735. The highest BCUT2D eigenvalue weighted by Crippen LogP contribution is 2.24. The molecule has 3 rings (SSSR count). The van der Waals surface area contributed by atoms with E-state index in [0.717, 1.165) is 18.7 Å². The lowest BCUT2D eigenvalue weighted by molar-refractivity contribution is 0.219. The second kappa shape index (κ2) is 8.62. The number of urea groups is 1. The molecule has 2 amide bonds. The number of hydrogen-bond acceptors (Lipinski definition) is 3. The Labute approximate surface area is 149 Å². The molecule has 1 aliphatic heterocycles. The molecule has 5 heteroatoms. The summed E-state index contributed by atoms with van der Waals surface area (Å²) >= 11 is 0. The first kappa shape index (κ1) is 17.4. The molecule has 1 aliphatic rings. The molecule has 0 aliphatic carbocycles. The summed E-state index contributed by atoms with van der Waals surface area (Å²) in [7, 11) is 0. The number of pyridine rings is 1. The number of nitrogens with zero attached hydrogens (tertiary/aromatic N) is 2. The summed E-state index contributed by atoms with van der Waals surface area (Å²) in [6.45, 7) is 4.76. The first-order valence-electron chi connectivity index (χ1n) is 8.97. The molecule has 2 aromatic rings. The van der Waals surface area contributed by atoms with E-state index in [0.29, 0.717) is 6.54 Å². The molecule has 1 aromatic heterocycles. The molecule has 0 radical (unpaired) electrons. The maximum absolute atomic E-state index is 12.3. The Morgan fingerprint density at radius 3 is 2.52 bits per heavy atom. The molecule has 2 heterocycles. The lowest BCUT2D eigenvalue weighted by Crippen LogP contribution is -2.42. The van der Waals surface area contributed by atoms with E-state index in [4.69, 9.17) is 0 Å². The van der Waals surface area contributed by atoms with Crippen LogP contribution < -0.4 is 10.6 Å². The molecule has 0 saturated carbocycles.